The van der Waals surface area contributed by atoms with Crippen molar-refractivity contribution in [2.45, 2.75) is 0 Å². The average molecular weight is 309 g/mol. The van der Waals surface area contributed by atoms with Crippen LogP contribution in [0.2, 0.25) is 0 Å². The minimum absolute atomic E-state index is 0. The predicted octanol–water partition coefficient (Wildman–Crippen LogP) is -12.4. The van der Waals surface area contributed by atoms with Crippen LogP contribution in [0.4, 0.5) is 0 Å². The van der Waals surface area contributed by atoms with E-state index < -0.39 is 10.4 Å². The van der Waals surface area contributed by atoms with Crippen molar-refractivity contribution in [1.29, 1.82) is 0 Å². The Hall–Kier alpha value is 3.67. The molecular weight excluding hydrogens is 295 g/mol. The van der Waals surface area contributed by atoms with Gasteiger partial charge in [-0.2, -0.15) is 0 Å². The van der Waals surface area contributed by atoms with E-state index in [1.54, 1.807) is 0 Å². The third-order valence-electron chi connectivity index (χ3n) is 0. The van der Waals surface area contributed by atoms with E-state index in [1.165, 1.54) is 0 Å². The molecule has 0 aliphatic carbocycles. The van der Waals surface area contributed by atoms with E-state index in [4.69, 9.17) is 17.5 Å². The zero-order chi connectivity index (χ0) is 4.50. The van der Waals surface area contributed by atoms with Gasteiger partial charge in [-0.3, -0.25) is 8.42 Å². The summed E-state index contributed by atoms with van der Waals surface area (Å²) >= 11 is 0. The quantitative estimate of drug-likeness (QED) is 0.239. The fraction of sp³-hybridized carbons (Fsp3) is 0. The molecule has 0 aliphatic heterocycles. The van der Waals surface area contributed by atoms with E-state index >= 15 is 0 Å². The Bertz CT molecular complexity index is 110. The normalized spacial score (nSPS) is 4.14. The van der Waals surface area contributed by atoms with Crippen LogP contribution in [0.25, 0.3) is 0 Å². The number of hydrogen-bond donors (Lipinski definition) is 0. The summed E-state index contributed by atoms with van der Waals surface area (Å²) < 4.78 is 34.1. The van der Waals surface area contributed by atoms with Crippen molar-refractivity contribution in [3.63, 3.8) is 0 Å². The largest absolute Gasteiger partial charge is 2.00 e. The topological polar surface area (TPSA) is 269 Å². The molecule has 0 radical (unpaired) electrons. The van der Waals surface area contributed by atoms with E-state index in [1.807, 2.05) is 0 Å². The minimum atomic E-state index is -5.17. The summed E-state index contributed by atoms with van der Waals surface area (Å²) in [6.07, 6.45) is 0. The Morgan fingerprint density at radius 3 is 0.714 bits per heavy atom. The van der Waals surface area contributed by atoms with Crippen LogP contribution < -0.4 is 103 Å². The summed E-state index contributed by atoms with van der Waals surface area (Å²) in [6, 6.07) is 0. The summed E-state index contributed by atoms with van der Waals surface area (Å²) in [4.78, 5) is 0. The van der Waals surface area contributed by atoms with Crippen LogP contribution in [-0.4, -0.2) is 73.4 Å². The Morgan fingerprint density at radius 2 is 0.714 bits per heavy atom. The van der Waals surface area contributed by atoms with Gasteiger partial charge in [-0.1, -0.05) is 0 Å². The van der Waals surface area contributed by atoms with Gasteiger partial charge in [0, 0.05) is 10.4 Å². The van der Waals surface area contributed by atoms with Crippen LogP contribution in [0, 0.1) is 0 Å². The first-order valence-electron chi connectivity index (χ1n) is 0.667. The maximum absolute atomic E-state index is 8.52. The molecule has 0 fully saturated rings. The molecule has 0 saturated carbocycles. The zero-order valence-corrected chi connectivity index (χ0v) is 16.2. The summed E-state index contributed by atoms with van der Waals surface area (Å²) in [7, 11) is -5.17. The van der Waals surface area contributed by atoms with Crippen molar-refractivity contribution in [3.8, 4) is 0 Å². The molecule has 0 bridgehead atoms. The second-order valence-electron chi connectivity index (χ2n) is 0.408. The van der Waals surface area contributed by atoms with Crippen molar-refractivity contribution < 1.29 is 156 Å². The third kappa shape index (κ3) is 250. The van der Waals surface area contributed by atoms with Gasteiger partial charge in [-0.05, 0) is 0 Å². The van der Waals surface area contributed by atoms with E-state index in [2.05, 4.69) is 0 Å². The average Bonchev–Trinajstić information content (AvgIpc) is 0.722. The van der Waals surface area contributed by atoms with Gasteiger partial charge in [0.05, 0.1) is 0 Å². The Kier molecular flexibility index (Phi) is 261. The standard InChI is InChI=1S/2K.Mg.H2O4S.6H2O.2H/c;;;1-5(2,3)4;;;;;;;;/h;;;(H2,1,2,3,4);6*1H2;;/q2*+1;+2;;;;;;;;2*-1/p-2. The summed E-state index contributed by atoms with van der Waals surface area (Å²) in [6.45, 7) is 0. The zero-order valence-electron chi connectivity index (χ0n) is 9.75. The Balaban J connectivity index is -0.00000000145. The van der Waals surface area contributed by atoms with E-state index in [-0.39, 0.29) is 162 Å². The van der Waals surface area contributed by atoms with Gasteiger partial charge < -0.3 is 44.8 Å². The molecule has 0 aromatic heterocycles. The number of rotatable bonds is 0. The molecule has 0 aromatic rings. The molecule has 0 amide bonds. The minimum Gasteiger partial charge on any atom is -1.00 e. The Labute approximate surface area is 185 Å². The molecule has 14 heteroatoms. The molecule has 0 heterocycles. The summed E-state index contributed by atoms with van der Waals surface area (Å²) in [5, 5.41) is 0. The van der Waals surface area contributed by atoms with Crippen molar-refractivity contribution in [3.05, 3.63) is 0 Å². The van der Waals surface area contributed by atoms with Gasteiger partial charge in [-0.25, -0.2) is 0 Å². The molecule has 0 spiro atoms. The van der Waals surface area contributed by atoms with Crippen LogP contribution in [0.1, 0.15) is 2.85 Å². The number of hydrogen-bond acceptors (Lipinski definition) is 4. The first-order chi connectivity index (χ1) is 2.00. The maximum atomic E-state index is 8.52. The van der Waals surface area contributed by atoms with Gasteiger partial charge >= 0.3 is 126 Å². The van der Waals surface area contributed by atoms with Gasteiger partial charge in [0.15, 0.2) is 0 Å². The van der Waals surface area contributed by atoms with E-state index in [0.717, 1.165) is 0 Å². The molecule has 0 unspecified atom stereocenters. The second kappa shape index (κ2) is 43.8. The summed E-state index contributed by atoms with van der Waals surface area (Å²) in [5.41, 5.74) is 0. The first-order valence-corrected chi connectivity index (χ1v) is 2.00. The van der Waals surface area contributed by atoms with Crippen LogP contribution in [0.5, 0.6) is 0 Å². The van der Waals surface area contributed by atoms with Crippen molar-refractivity contribution >= 4 is 33.5 Å². The molecule has 0 aliphatic rings. The molecule has 0 saturated heterocycles. The predicted molar refractivity (Wildman–Crippen MR) is 40.1 cm³/mol. The molecule has 84 valence electrons. The molecule has 10 nitrogen and oxygen atoms in total. The smallest absolute Gasteiger partial charge is 1.00 e. The van der Waals surface area contributed by atoms with E-state index in [0.29, 0.717) is 0 Å². The monoisotopic (exact) mass is 308 g/mol. The van der Waals surface area contributed by atoms with E-state index in [9.17, 15) is 0 Å². The van der Waals surface area contributed by atoms with Crippen LogP contribution in [0.3, 0.4) is 0 Å². The molecule has 0 aromatic carbocycles. The van der Waals surface area contributed by atoms with Gasteiger partial charge in [0.2, 0.25) is 0 Å². The molecular formula is H14K2MgO10S. The van der Waals surface area contributed by atoms with Gasteiger partial charge in [0.1, 0.15) is 0 Å². The first kappa shape index (κ1) is 83.5. The summed E-state index contributed by atoms with van der Waals surface area (Å²) in [5.74, 6) is 0. The third-order valence-corrected chi connectivity index (χ3v) is 0. The van der Waals surface area contributed by atoms with Crippen molar-refractivity contribution in [1.82, 2.24) is 0 Å². The van der Waals surface area contributed by atoms with Crippen LogP contribution in [-0.2, 0) is 10.4 Å². The molecule has 0 rings (SSSR count). The van der Waals surface area contributed by atoms with Crippen LogP contribution >= 0.6 is 0 Å². The second-order valence-corrected chi connectivity index (χ2v) is 1.22. The van der Waals surface area contributed by atoms with Crippen molar-refractivity contribution in [2.75, 3.05) is 0 Å². The van der Waals surface area contributed by atoms with Crippen molar-refractivity contribution in [2.24, 2.45) is 0 Å². The fourth-order valence-corrected chi connectivity index (χ4v) is 0. The Morgan fingerprint density at radius 1 is 0.714 bits per heavy atom. The van der Waals surface area contributed by atoms with Crippen LogP contribution in [0.15, 0.2) is 0 Å². The van der Waals surface area contributed by atoms with Gasteiger partial charge in [0.25, 0.3) is 0 Å². The van der Waals surface area contributed by atoms with Gasteiger partial charge in [-0.15, -0.1) is 0 Å². The maximum Gasteiger partial charge on any atom is 2.00 e. The fourth-order valence-electron chi connectivity index (χ4n) is 0. The molecule has 12 N–H and O–H groups in total. The SMILES string of the molecule is O.O.O.O.O.O.O=S(=O)([O-])[O-].[H-].[H-].[K+].[K+].[Mg+2]. The molecule has 0 atom stereocenters. The molecule has 14 heavy (non-hydrogen) atoms.